The lowest BCUT2D eigenvalue weighted by atomic mass is 9.77. The molecule has 2 N–H and O–H groups in total. The van der Waals surface area contributed by atoms with Crippen LogP contribution in [0.2, 0.25) is 0 Å². The van der Waals surface area contributed by atoms with Crippen LogP contribution < -0.4 is 0 Å². The van der Waals surface area contributed by atoms with Crippen molar-refractivity contribution in [3.63, 3.8) is 0 Å². The van der Waals surface area contributed by atoms with Gasteiger partial charge in [-0.2, -0.15) is 10.6 Å². The number of hydrogen-bond acceptors (Lipinski definition) is 2. The van der Waals surface area contributed by atoms with Gasteiger partial charge in [-0.25, -0.2) is 0 Å². The average Bonchev–Trinajstić information content (AvgIpc) is 2.62. The van der Waals surface area contributed by atoms with E-state index in [1.54, 1.807) is 0 Å². The van der Waals surface area contributed by atoms with Crippen molar-refractivity contribution >= 4 is 21.5 Å². The molecule has 0 spiro atoms. The maximum Gasteiger partial charge on any atom is 0.162 e. The molecule has 0 aromatic heterocycles. The Kier molecular flexibility index (Phi) is 5.18. The molecular weight excluding hydrogens is 360 g/mol. The molecule has 0 amide bonds. The molecule has 3 aliphatic carbocycles. The quantitative estimate of drug-likeness (QED) is 0.405. The summed E-state index contributed by atoms with van der Waals surface area (Å²) in [6.45, 7) is 6.99. The SMILES string of the molecule is CC(C)(C)C1C=CC([S+]2C3C=CCCC3S(O)(O)C3CCCCC32)=CC1. The third-order valence-corrected chi connectivity index (χ3v) is 13.3. The Bertz CT molecular complexity index is 629. The maximum absolute atomic E-state index is 11.2. The summed E-state index contributed by atoms with van der Waals surface area (Å²) in [4.78, 5) is 1.51. The van der Waals surface area contributed by atoms with Gasteiger partial charge in [0.2, 0.25) is 0 Å². The van der Waals surface area contributed by atoms with E-state index in [-0.39, 0.29) is 21.4 Å². The molecule has 1 heterocycles. The van der Waals surface area contributed by atoms with Crippen LogP contribution in [0.15, 0.2) is 35.3 Å². The topological polar surface area (TPSA) is 40.5 Å². The molecule has 0 bridgehead atoms. The lowest BCUT2D eigenvalue weighted by molar-refractivity contribution is 0.293. The zero-order valence-corrected chi connectivity index (χ0v) is 18.1. The van der Waals surface area contributed by atoms with Crippen LogP contribution in [-0.2, 0) is 10.9 Å². The van der Waals surface area contributed by atoms with E-state index in [0.717, 1.165) is 25.7 Å². The Morgan fingerprint density at radius 2 is 1.81 bits per heavy atom. The van der Waals surface area contributed by atoms with Crippen molar-refractivity contribution in [3.05, 3.63) is 35.3 Å². The zero-order chi connectivity index (χ0) is 18.5. The van der Waals surface area contributed by atoms with Crippen LogP contribution in [0.3, 0.4) is 0 Å². The smallest absolute Gasteiger partial charge is 0.162 e. The van der Waals surface area contributed by atoms with Gasteiger partial charge in [0.1, 0.15) is 10.5 Å². The molecule has 1 saturated heterocycles. The molecule has 4 rings (SSSR count). The number of hydrogen-bond donors (Lipinski definition) is 2. The zero-order valence-electron chi connectivity index (χ0n) is 16.4. The highest BCUT2D eigenvalue weighted by Gasteiger charge is 2.60. The Labute approximate surface area is 163 Å². The van der Waals surface area contributed by atoms with E-state index in [0.29, 0.717) is 21.8 Å². The summed E-state index contributed by atoms with van der Waals surface area (Å²) >= 11 is 0. The predicted octanol–water partition coefficient (Wildman–Crippen LogP) is 6.27. The molecule has 6 unspecified atom stereocenters. The van der Waals surface area contributed by atoms with E-state index in [9.17, 15) is 9.11 Å². The summed E-state index contributed by atoms with van der Waals surface area (Å²) in [6.07, 6.45) is 19.7. The van der Waals surface area contributed by atoms with Gasteiger partial charge in [-0.05, 0) is 68.1 Å². The van der Waals surface area contributed by atoms with Crippen molar-refractivity contribution in [2.75, 3.05) is 0 Å². The van der Waals surface area contributed by atoms with E-state index in [4.69, 9.17) is 0 Å². The van der Waals surface area contributed by atoms with Crippen LogP contribution in [0.4, 0.5) is 0 Å². The summed E-state index contributed by atoms with van der Waals surface area (Å²) < 4.78 is 22.4. The highest BCUT2D eigenvalue weighted by Crippen LogP contribution is 2.64. The fourth-order valence-corrected chi connectivity index (χ4v) is 12.8. The van der Waals surface area contributed by atoms with Crippen LogP contribution in [-0.4, -0.2) is 30.1 Å². The second-order valence-corrected chi connectivity index (χ2v) is 14.4. The molecule has 1 saturated carbocycles. The van der Waals surface area contributed by atoms with Gasteiger partial charge in [0.25, 0.3) is 0 Å². The minimum Gasteiger partial charge on any atom is -0.299 e. The van der Waals surface area contributed by atoms with Gasteiger partial charge in [0.15, 0.2) is 10.2 Å². The van der Waals surface area contributed by atoms with E-state index >= 15 is 0 Å². The highest BCUT2D eigenvalue weighted by atomic mass is 32.3. The van der Waals surface area contributed by atoms with E-state index < -0.39 is 10.6 Å². The van der Waals surface area contributed by atoms with Crippen molar-refractivity contribution < 1.29 is 9.11 Å². The number of allylic oxidation sites excluding steroid dienone is 4. The van der Waals surface area contributed by atoms with Crippen molar-refractivity contribution in [2.45, 2.75) is 86.7 Å². The maximum atomic E-state index is 11.2. The Morgan fingerprint density at radius 3 is 2.50 bits per heavy atom. The first kappa shape index (κ1) is 19.2. The van der Waals surface area contributed by atoms with Gasteiger partial charge in [0, 0.05) is 10.9 Å². The van der Waals surface area contributed by atoms with Crippen LogP contribution in [0, 0.1) is 11.3 Å². The van der Waals surface area contributed by atoms with Gasteiger partial charge < -0.3 is 0 Å². The summed E-state index contributed by atoms with van der Waals surface area (Å²) in [6, 6.07) is 0. The standard InChI is InChI=1S/C22H34O2S2/c1-22(2,3)16-12-14-17(15-13-16)25-18-8-4-6-10-20(18)26(23,24)21-11-7-5-9-19(21)25/h4,8,12,14-16,18-21H,5-7,9-11,13H2,1-3H3,(H-,23,24)/p+1. The third-order valence-electron chi connectivity index (χ3n) is 6.91. The molecule has 0 aromatic carbocycles. The molecule has 1 aliphatic heterocycles. The summed E-state index contributed by atoms with van der Waals surface area (Å²) in [5, 5.41) is 1.04. The minimum absolute atomic E-state index is 0.0878. The van der Waals surface area contributed by atoms with Crippen molar-refractivity contribution in [1.29, 1.82) is 0 Å². The molecule has 0 aromatic rings. The Hall–Kier alpha value is -0.160. The Balaban J connectivity index is 1.68. The van der Waals surface area contributed by atoms with E-state index in [1.165, 1.54) is 24.2 Å². The first-order valence-corrected chi connectivity index (χ1v) is 13.4. The van der Waals surface area contributed by atoms with Crippen LogP contribution in [0.25, 0.3) is 0 Å². The number of fused-ring (bicyclic) bond motifs is 2. The van der Waals surface area contributed by atoms with E-state index in [2.05, 4.69) is 51.2 Å². The normalized spacial score (nSPS) is 43.2. The molecule has 4 heteroatoms. The van der Waals surface area contributed by atoms with Gasteiger partial charge >= 0.3 is 0 Å². The van der Waals surface area contributed by atoms with Crippen molar-refractivity contribution in [1.82, 2.24) is 0 Å². The summed E-state index contributed by atoms with van der Waals surface area (Å²) in [7, 11) is -2.35. The van der Waals surface area contributed by atoms with Gasteiger partial charge in [0.05, 0.1) is 5.25 Å². The molecule has 0 radical (unpaired) electrons. The van der Waals surface area contributed by atoms with E-state index in [1.807, 2.05) is 0 Å². The average molecular weight is 396 g/mol. The monoisotopic (exact) mass is 395 g/mol. The molecule has 4 aliphatic rings. The van der Waals surface area contributed by atoms with Gasteiger partial charge in [-0.3, -0.25) is 9.11 Å². The second-order valence-electron chi connectivity index (χ2n) is 9.55. The second kappa shape index (κ2) is 7.02. The molecular formula is C22H35O2S2+. The first-order valence-electron chi connectivity index (χ1n) is 10.3. The predicted molar refractivity (Wildman–Crippen MR) is 117 cm³/mol. The van der Waals surface area contributed by atoms with Crippen LogP contribution >= 0.6 is 10.6 Å². The molecule has 2 nitrogen and oxygen atoms in total. The van der Waals surface area contributed by atoms with Crippen molar-refractivity contribution in [3.8, 4) is 0 Å². The lowest BCUT2D eigenvalue weighted by Gasteiger charge is -2.56. The fourth-order valence-electron chi connectivity index (χ4n) is 5.32. The summed E-state index contributed by atoms with van der Waals surface area (Å²) in [5.74, 6) is 0.611. The molecule has 146 valence electrons. The molecule has 2 fully saturated rings. The third kappa shape index (κ3) is 3.25. The van der Waals surface area contributed by atoms with Crippen LogP contribution in [0.5, 0.6) is 0 Å². The minimum atomic E-state index is -2.49. The number of rotatable bonds is 1. The molecule has 26 heavy (non-hydrogen) atoms. The highest BCUT2D eigenvalue weighted by molar-refractivity contribution is 8.27. The first-order chi connectivity index (χ1) is 12.3. The van der Waals surface area contributed by atoms with Crippen molar-refractivity contribution in [2.24, 2.45) is 11.3 Å². The van der Waals surface area contributed by atoms with Crippen LogP contribution in [0.1, 0.15) is 65.7 Å². The fraction of sp³-hybridized carbons (Fsp3) is 0.727. The molecule has 6 atom stereocenters. The largest absolute Gasteiger partial charge is 0.299 e. The lowest BCUT2D eigenvalue weighted by Crippen LogP contribution is -2.57. The summed E-state index contributed by atoms with van der Waals surface area (Å²) in [5.41, 5.74) is 0.310. The Morgan fingerprint density at radius 1 is 1.04 bits per heavy atom. The van der Waals surface area contributed by atoms with Gasteiger partial charge in [-0.15, -0.1) is 0 Å². The van der Waals surface area contributed by atoms with Gasteiger partial charge in [-0.1, -0.05) is 39.3 Å².